The van der Waals surface area contributed by atoms with Gasteiger partial charge in [0.1, 0.15) is 11.5 Å². The molecule has 176 valence electrons. The molecule has 6 nitrogen and oxygen atoms in total. The molecule has 0 radical (unpaired) electrons. The maximum absolute atomic E-state index is 13.7. The number of hydrogen-bond donors (Lipinski definition) is 2. The lowest BCUT2D eigenvalue weighted by molar-refractivity contribution is 0.102. The van der Waals surface area contributed by atoms with E-state index in [4.69, 9.17) is 0 Å². The number of likely N-dealkylation sites (tertiary alicyclic amines) is 1. The van der Waals surface area contributed by atoms with E-state index in [0.29, 0.717) is 36.6 Å². The molecule has 0 atom stereocenters. The van der Waals surface area contributed by atoms with Crippen LogP contribution in [0.2, 0.25) is 0 Å². The second-order valence-corrected chi connectivity index (χ2v) is 9.73. The lowest BCUT2D eigenvalue weighted by Crippen LogP contribution is -2.44. The van der Waals surface area contributed by atoms with E-state index < -0.39 is 0 Å². The zero-order chi connectivity index (χ0) is 23.2. The van der Waals surface area contributed by atoms with Crippen LogP contribution in [0.15, 0.2) is 35.2 Å². The summed E-state index contributed by atoms with van der Waals surface area (Å²) in [6, 6.07) is 4.63. The van der Waals surface area contributed by atoms with Crippen LogP contribution < -0.4 is 10.6 Å². The summed E-state index contributed by atoms with van der Waals surface area (Å²) in [6.07, 6.45) is 9.80. The third-order valence-electron chi connectivity index (χ3n) is 6.42. The molecule has 33 heavy (non-hydrogen) atoms. The van der Waals surface area contributed by atoms with Gasteiger partial charge in [0, 0.05) is 36.6 Å². The van der Waals surface area contributed by atoms with E-state index in [9.17, 15) is 14.0 Å². The van der Waals surface area contributed by atoms with E-state index >= 15 is 0 Å². The van der Waals surface area contributed by atoms with Crippen LogP contribution >= 0.6 is 11.3 Å². The Morgan fingerprint density at radius 1 is 1.24 bits per heavy atom. The molecule has 2 heterocycles. The summed E-state index contributed by atoms with van der Waals surface area (Å²) in [6.45, 7) is 3.74. The molecule has 0 unspecified atom stereocenters. The Kier molecular flexibility index (Phi) is 7.75. The number of hydrogen-bond acceptors (Lipinski definition) is 4. The average molecular weight is 471 g/mol. The van der Waals surface area contributed by atoms with Crippen molar-refractivity contribution >= 4 is 29.0 Å². The van der Waals surface area contributed by atoms with E-state index in [1.165, 1.54) is 42.2 Å². The molecule has 4 rings (SSSR count). The number of amides is 3. The Morgan fingerprint density at radius 2 is 2.06 bits per heavy atom. The highest BCUT2D eigenvalue weighted by atomic mass is 32.1. The predicted octanol–water partition coefficient (Wildman–Crippen LogP) is 5.62. The third kappa shape index (κ3) is 6.19. The lowest BCUT2D eigenvalue weighted by Gasteiger charge is -2.31. The summed E-state index contributed by atoms with van der Waals surface area (Å²) in [5.74, 6) is -0.455. The number of urea groups is 1. The number of anilines is 1. The van der Waals surface area contributed by atoms with E-state index in [2.05, 4.69) is 21.7 Å². The van der Waals surface area contributed by atoms with E-state index in [1.54, 1.807) is 24.4 Å². The quantitative estimate of drug-likeness (QED) is 0.538. The topological polar surface area (TPSA) is 74.3 Å². The smallest absolute Gasteiger partial charge is 0.317 e. The molecule has 1 saturated heterocycles. The van der Waals surface area contributed by atoms with Gasteiger partial charge in [-0.15, -0.1) is 11.3 Å². The number of benzene rings is 1. The van der Waals surface area contributed by atoms with Crippen LogP contribution in [0, 0.1) is 12.7 Å². The van der Waals surface area contributed by atoms with Gasteiger partial charge < -0.3 is 15.5 Å². The van der Waals surface area contributed by atoms with Crippen molar-refractivity contribution in [3.05, 3.63) is 57.3 Å². The van der Waals surface area contributed by atoms with Crippen molar-refractivity contribution in [1.82, 2.24) is 15.2 Å². The summed E-state index contributed by atoms with van der Waals surface area (Å²) in [4.78, 5) is 31.4. The average Bonchev–Trinajstić information content (AvgIpc) is 3.33. The van der Waals surface area contributed by atoms with Crippen LogP contribution in [0.5, 0.6) is 0 Å². The van der Waals surface area contributed by atoms with Gasteiger partial charge in [-0.3, -0.25) is 4.79 Å². The molecule has 0 spiro atoms. The van der Waals surface area contributed by atoms with E-state index in [-0.39, 0.29) is 23.7 Å². The SMILES string of the molecule is Cc1ccc(NC(=O)c2csc(C3CCN(C(=O)NCCC4=CCCCC4)CC3)n2)cc1F. The van der Waals surface area contributed by atoms with Crippen molar-refractivity contribution in [3.63, 3.8) is 0 Å². The van der Waals surface area contributed by atoms with Gasteiger partial charge in [-0.2, -0.15) is 0 Å². The van der Waals surface area contributed by atoms with Crippen LogP contribution in [0.25, 0.3) is 0 Å². The van der Waals surface area contributed by atoms with E-state index in [0.717, 1.165) is 30.7 Å². The van der Waals surface area contributed by atoms with Gasteiger partial charge in [0.15, 0.2) is 0 Å². The molecule has 2 aromatic rings. The predicted molar refractivity (Wildman–Crippen MR) is 129 cm³/mol. The van der Waals surface area contributed by atoms with Crippen molar-refractivity contribution < 1.29 is 14.0 Å². The van der Waals surface area contributed by atoms with Gasteiger partial charge in [0.25, 0.3) is 5.91 Å². The van der Waals surface area contributed by atoms with Crippen molar-refractivity contribution in [3.8, 4) is 0 Å². The Morgan fingerprint density at radius 3 is 2.79 bits per heavy atom. The number of aromatic nitrogens is 1. The van der Waals surface area contributed by atoms with Crippen LogP contribution in [0.4, 0.5) is 14.9 Å². The minimum Gasteiger partial charge on any atom is -0.338 e. The van der Waals surface area contributed by atoms with Gasteiger partial charge in [-0.05, 0) is 69.6 Å². The first-order valence-corrected chi connectivity index (χ1v) is 12.6. The van der Waals surface area contributed by atoms with Gasteiger partial charge in [-0.25, -0.2) is 14.2 Å². The number of halogens is 1. The number of carbonyl (C=O) groups excluding carboxylic acids is 2. The number of carbonyl (C=O) groups is 2. The molecule has 1 aromatic heterocycles. The number of rotatable bonds is 6. The monoisotopic (exact) mass is 470 g/mol. The van der Waals surface area contributed by atoms with Gasteiger partial charge >= 0.3 is 6.03 Å². The first kappa shape index (κ1) is 23.4. The van der Waals surface area contributed by atoms with Crippen molar-refractivity contribution in [2.45, 2.75) is 57.8 Å². The minimum atomic E-state index is -0.353. The molecule has 0 bridgehead atoms. The van der Waals surface area contributed by atoms with Crippen molar-refractivity contribution in [1.29, 1.82) is 0 Å². The molecule has 2 aliphatic rings. The highest BCUT2D eigenvalue weighted by molar-refractivity contribution is 7.10. The van der Waals surface area contributed by atoms with Crippen LogP contribution in [0.1, 0.15) is 71.9 Å². The summed E-state index contributed by atoms with van der Waals surface area (Å²) >= 11 is 1.47. The number of piperidine rings is 1. The Labute approximate surface area is 198 Å². The normalized spacial score (nSPS) is 16.9. The fourth-order valence-electron chi connectivity index (χ4n) is 4.35. The number of nitrogens with zero attached hydrogens (tertiary/aromatic N) is 2. The number of thiazole rings is 1. The van der Waals surface area contributed by atoms with Gasteiger partial charge in [0.05, 0.1) is 5.01 Å². The fourth-order valence-corrected chi connectivity index (χ4v) is 5.32. The summed E-state index contributed by atoms with van der Waals surface area (Å²) < 4.78 is 13.7. The standard InChI is InChI=1S/C25H31FN4O2S/c1-17-7-8-20(15-21(17)26)28-23(31)22-16-33-24(29-22)19-10-13-30(14-11-19)25(32)27-12-9-18-5-3-2-4-6-18/h5,7-8,15-16,19H,2-4,6,9-14H2,1H3,(H,27,32)(H,28,31). The summed E-state index contributed by atoms with van der Waals surface area (Å²) in [7, 11) is 0. The Hall–Kier alpha value is -2.74. The highest BCUT2D eigenvalue weighted by Gasteiger charge is 2.26. The molecule has 1 aromatic carbocycles. The molecule has 8 heteroatoms. The second kappa shape index (κ2) is 10.9. The molecular formula is C25H31FN4O2S. The number of aryl methyl sites for hydroxylation is 1. The van der Waals surface area contributed by atoms with Crippen LogP contribution in [-0.2, 0) is 0 Å². The highest BCUT2D eigenvalue weighted by Crippen LogP contribution is 2.30. The van der Waals surface area contributed by atoms with Gasteiger partial charge in [-0.1, -0.05) is 17.7 Å². The van der Waals surface area contributed by atoms with Crippen LogP contribution in [-0.4, -0.2) is 41.5 Å². The zero-order valence-corrected chi connectivity index (χ0v) is 19.8. The van der Waals surface area contributed by atoms with Crippen molar-refractivity contribution in [2.24, 2.45) is 0 Å². The maximum atomic E-state index is 13.7. The molecule has 0 saturated carbocycles. The first-order valence-electron chi connectivity index (χ1n) is 11.7. The molecular weight excluding hydrogens is 439 g/mol. The van der Waals surface area contributed by atoms with E-state index in [1.807, 2.05) is 4.90 Å². The molecule has 1 aliphatic carbocycles. The number of allylic oxidation sites excluding steroid dienone is 1. The maximum Gasteiger partial charge on any atom is 0.317 e. The van der Waals surface area contributed by atoms with Gasteiger partial charge in [0.2, 0.25) is 0 Å². The first-order chi connectivity index (χ1) is 16.0. The molecule has 2 N–H and O–H groups in total. The second-order valence-electron chi connectivity index (χ2n) is 8.84. The Bertz CT molecular complexity index is 1030. The van der Waals surface area contributed by atoms with Crippen molar-refractivity contribution in [2.75, 3.05) is 25.0 Å². The summed E-state index contributed by atoms with van der Waals surface area (Å²) in [5, 5.41) is 8.43. The third-order valence-corrected chi connectivity index (χ3v) is 7.43. The molecule has 1 fully saturated rings. The fraction of sp³-hybridized carbons (Fsp3) is 0.480. The minimum absolute atomic E-state index is 0.00870. The summed E-state index contributed by atoms with van der Waals surface area (Å²) in [5.41, 5.74) is 2.76. The Balaban J connectivity index is 1.23. The zero-order valence-electron chi connectivity index (χ0n) is 19.0. The molecule has 3 amide bonds. The largest absolute Gasteiger partial charge is 0.338 e. The van der Waals surface area contributed by atoms with Crippen LogP contribution in [0.3, 0.4) is 0 Å². The number of nitrogens with one attached hydrogen (secondary N) is 2. The molecule has 1 aliphatic heterocycles. The lowest BCUT2D eigenvalue weighted by atomic mass is 9.97.